The molecule has 4 rings (SSSR count). The second-order valence-electron chi connectivity index (χ2n) is 11.1. The van der Waals surface area contributed by atoms with Crippen molar-refractivity contribution in [2.24, 2.45) is 32.3 Å². The number of hydrogen-bond acceptors (Lipinski definition) is 6. The first kappa shape index (κ1) is 29.6. The van der Waals surface area contributed by atoms with E-state index in [4.69, 9.17) is 0 Å². The van der Waals surface area contributed by atoms with Gasteiger partial charge in [-0.1, -0.05) is 70.5 Å². The van der Waals surface area contributed by atoms with Crippen LogP contribution in [0.3, 0.4) is 0 Å². The first-order chi connectivity index (χ1) is 19.7. The van der Waals surface area contributed by atoms with E-state index in [0.29, 0.717) is 55.6 Å². The van der Waals surface area contributed by atoms with Crippen LogP contribution in [0, 0.1) is 11.8 Å². The fourth-order valence-electron chi connectivity index (χ4n) is 4.88. The molecule has 2 aromatic heterocycles. The maximum atomic E-state index is 12.3. The van der Waals surface area contributed by atoms with Crippen molar-refractivity contribution in [1.82, 2.24) is 9.13 Å². The summed E-state index contributed by atoms with van der Waals surface area (Å²) in [6, 6.07) is 15.0. The number of azo groups is 2. The number of benzene rings is 2. The van der Waals surface area contributed by atoms with Gasteiger partial charge in [-0.3, -0.25) is 9.59 Å². The molecule has 2 amide bonds. The number of carbonyl (C=O) groups is 2. The molecule has 10 heteroatoms. The molecule has 0 fully saturated rings. The zero-order chi connectivity index (χ0) is 29.5. The lowest BCUT2D eigenvalue weighted by molar-refractivity contribution is -0.118. The second kappa shape index (κ2) is 13.3. The SMILES string of the molecule is CC(C)Cn1c(O)c(N=NC(=O)CCCCCC(=O)N=Nc2c(O)n(CC(C)C)c3ccccc23)c2ccccc21. The highest BCUT2D eigenvalue weighted by atomic mass is 16.3. The number of nitrogens with zero attached hydrogens (tertiary/aromatic N) is 6. The maximum Gasteiger partial charge on any atom is 0.264 e. The van der Waals surface area contributed by atoms with Gasteiger partial charge in [0.15, 0.2) is 11.4 Å². The number of aromatic nitrogens is 2. The molecular weight excluding hydrogens is 520 g/mol. The van der Waals surface area contributed by atoms with Crippen LogP contribution in [0.4, 0.5) is 11.4 Å². The Morgan fingerprint density at radius 2 is 1.05 bits per heavy atom. The smallest absolute Gasteiger partial charge is 0.264 e. The van der Waals surface area contributed by atoms with Crippen LogP contribution in [0.2, 0.25) is 0 Å². The van der Waals surface area contributed by atoms with Gasteiger partial charge in [0.2, 0.25) is 11.8 Å². The van der Waals surface area contributed by atoms with Crippen molar-refractivity contribution in [3.8, 4) is 11.8 Å². The maximum absolute atomic E-state index is 12.3. The van der Waals surface area contributed by atoms with Crippen LogP contribution in [0.5, 0.6) is 11.8 Å². The third-order valence-corrected chi connectivity index (χ3v) is 6.73. The van der Waals surface area contributed by atoms with Crippen LogP contribution in [0.25, 0.3) is 21.8 Å². The van der Waals surface area contributed by atoms with Crippen molar-refractivity contribution in [1.29, 1.82) is 0 Å². The number of hydrogen-bond donors (Lipinski definition) is 2. The van der Waals surface area contributed by atoms with Crippen molar-refractivity contribution in [2.45, 2.75) is 72.9 Å². The standard InChI is InChI=1S/C31H38N6O4/c1-20(2)18-36-24-14-10-8-12-22(24)28(30(36)40)34-32-26(38)16-6-5-7-17-27(39)33-35-29-23-13-9-11-15-25(23)37(31(29)41)19-21(3)4/h8-15,20-21,40-41H,5-7,16-19H2,1-4H3. The van der Waals surface area contributed by atoms with Crippen molar-refractivity contribution in [2.75, 3.05) is 0 Å². The number of unbranched alkanes of at least 4 members (excludes halogenated alkanes) is 2. The average molecular weight is 559 g/mol. The molecule has 4 aromatic rings. The van der Waals surface area contributed by atoms with Crippen molar-refractivity contribution in [3.05, 3.63) is 48.5 Å². The van der Waals surface area contributed by atoms with Crippen LogP contribution < -0.4 is 0 Å². The van der Waals surface area contributed by atoms with Gasteiger partial charge in [0.25, 0.3) is 11.8 Å². The lowest BCUT2D eigenvalue weighted by Gasteiger charge is -2.09. The molecular formula is C31H38N6O4. The summed E-state index contributed by atoms with van der Waals surface area (Å²) in [5.74, 6) is -0.127. The number of aromatic hydroxyl groups is 2. The Morgan fingerprint density at radius 3 is 1.44 bits per heavy atom. The third-order valence-electron chi connectivity index (χ3n) is 6.73. The Labute approximate surface area is 239 Å². The predicted octanol–water partition coefficient (Wildman–Crippen LogP) is 8.19. The highest BCUT2D eigenvalue weighted by Gasteiger charge is 2.18. The molecule has 2 aromatic carbocycles. The van der Waals surface area contributed by atoms with Crippen LogP contribution in [0.15, 0.2) is 69.0 Å². The van der Waals surface area contributed by atoms with Gasteiger partial charge in [-0.15, -0.1) is 20.5 Å². The van der Waals surface area contributed by atoms with Gasteiger partial charge in [0.05, 0.1) is 11.0 Å². The molecule has 0 saturated carbocycles. The van der Waals surface area contributed by atoms with Crippen LogP contribution in [-0.4, -0.2) is 31.2 Å². The van der Waals surface area contributed by atoms with Crippen molar-refractivity contribution < 1.29 is 19.8 Å². The molecule has 0 unspecified atom stereocenters. The quantitative estimate of drug-likeness (QED) is 0.134. The van der Waals surface area contributed by atoms with E-state index in [2.05, 4.69) is 48.2 Å². The van der Waals surface area contributed by atoms with Crippen molar-refractivity contribution in [3.63, 3.8) is 0 Å². The molecule has 0 aliphatic heterocycles. The molecule has 0 aliphatic carbocycles. The van der Waals surface area contributed by atoms with E-state index in [9.17, 15) is 19.8 Å². The summed E-state index contributed by atoms with van der Waals surface area (Å²) in [5.41, 5.74) is 2.28. The highest BCUT2D eigenvalue weighted by molar-refractivity contribution is 5.96. The summed E-state index contributed by atoms with van der Waals surface area (Å²) >= 11 is 0. The van der Waals surface area contributed by atoms with Crippen LogP contribution in [0.1, 0.15) is 59.8 Å². The fourth-order valence-corrected chi connectivity index (χ4v) is 4.88. The first-order valence-electron chi connectivity index (χ1n) is 14.2. The molecule has 2 N–H and O–H groups in total. The lowest BCUT2D eigenvalue weighted by atomic mass is 10.1. The molecule has 0 atom stereocenters. The summed E-state index contributed by atoms with van der Waals surface area (Å²) in [4.78, 5) is 24.7. The van der Waals surface area contributed by atoms with E-state index in [1.165, 1.54) is 0 Å². The van der Waals surface area contributed by atoms with E-state index in [1.807, 2.05) is 48.5 Å². The zero-order valence-electron chi connectivity index (χ0n) is 24.1. The van der Waals surface area contributed by atoms with E-state index in [1.54, 1.807) is 9.13 Å². The molecule has 216 valence electrons. The lowest BCUT2D eigenvalue weighted by Crippen LogP contribution is -2.03. The minimum Gasteiger partial charge on any atom is -0.493 e. The first-order valence-corrected chi connectivity index (χ1v) is 14.2. The van der Waals surface area contributed by atoms with Gasteiger partial charge in [0, 0.05) is 36.7 Å². The Hall–Kier alpha value is -4.34. The largest absolute Gasteiger partial charge is 0.493 e. The van der Waals surface area contributed by atoms with E-state index in [0.717, 1.165) is 21.8 Å². The summed E-state index contributed by atoms with van der Waals surface area (Å²) in [5, 5.41) is 38.8. The molecule has 0 saturated heterocycles. The molecule has 0 spiro atoms. The van der Waals surface area contributed by atoms with E-state index >= 15 is 0 Å². The summed E-state index contributed by atoms with van der Waals surface area (Å²) in [7, 11) is 0. The molecule has 0 bridgehead atoms. The van der Waals surface area contributed by atoms with Gasteiger partial charge in [-0.2, -0.15) is 0 Å². The van der Waals surface area contributed by atoms with Gasteiger partial charge < -0.3 is 19.3 Å². The van der Waals surface area contributed by atoms with E-state index in [-0.39, 0.29) is 36.4 Å². The molecule has 0 radical (unpaired) electrons. The Bertz CT molecular complexity index is 1480. The number of rotatable bonds is 12. The normalized spacial score (nSPS) is 12.2. The van der Waals surface area contributed by atoms with Gasteiger partial charge >= 0.3 is 0 Å². The Morgan fingerprint density at radius 1 is 0.659 bits per heavy atom. The van der Waals surface area contributed by atoms with Crippen LogP contribution in [-0.2, 0) is 22.7 Å². The number of carbonyl (C=O) groups excluding carboxylic acids is 2. The summed E-state index contributed by atoms with van der Waals surface area (Å²) in [6.07, 6.45) is 2.11. The van der Waals surface area contributed by atoms with Crippen molar-refractivity contribution >= 4 is 45.0 Å². The summed E-state index contributed by atoms with van der Waals surface area (Å²) in [6.45, 7) is 9.50. The molecule has 10 nitrogen and oxygen atoms in total. The predicted molar refractivity (Wildman–Crippen MR) is 159 cm³/mol. The second-order valence-corrected chi connectivity index (χ2v) is 11.1. The average Bonchev–Trinajstić information content (AvgIpc) is 3.35. The molecule has 2 heterocycles. The minimum absolute atomic E-state index is 0.00179. The highest BCUT2D eigenvalue weighted by Crippen LogP contribution is 2.40. The topological polar surface area (TPSA) is 134 Å². The molecule has 41 heavy (non-hydrogen) atoms. The minimum atomic E-state index is -0.385. The summed E-state index contributed by atoms with van der Waals surface area (Å²) < 4.78 is 3.58. The number of para-hydroxylation sites is 2. The Balaban J connectivity index is 1.28. The van der Waals surface area contributed by atoms with Gasteiger partial charge in [-0.25, -0.2) is 0 Å². The van der Waals surface area contributed by atoms with E-state index < -0.39 is 0 Å². The van der Waals surface area contributed by atoms with Gasteiger partial charge in [-0.05, 0) is 36.8 Å². The zero-order valence-corrected chi connectivity index (χ0v) is 24.1. The third kappa shape index (κ3) is 7.06. The number of amides is 2. The fraction of sp³-hybridized carbons (Fsp3) is 0.419. The van der Waals surface area contributed by atoms with Crippen LogP contribution >= 0.6 is 0 Å². The monoisotopic (exact) mass is 558 g/mol. The number of fused-ring (bicyclic) bond motifs is 2. The van der Waals surface area contributed by atoms with Gasteiger partial charge in [0.1, 0.15) is 0 Å². The molecule has 0 aliphatic rings. The Kier molecular flexibility index (Phi) is 9.65.